The first-order valence-corrected chi connectivity index (χ1v) is 4.09. The van der Waals surface area contributed by atoms with Gasteiger partial charge in [0.05, 0.1) is 6.20 Å². The van der Waals surface area contributed by atoms with Crippen LogP contribution in [0, 0.1) is 5.82 Å². The number of carbonyl (C=O) groups excluding carboxylic acids is 1. The first-order valence-electron chi connectivity index (χ1n) is 4.09. The predicted molar refractivity (Wildman–Crippen MR) is 52.1 cm³/mol. The molecule has 1 aromatic heterocycles. The Hall–Kier alpha value is -1.96. The van der Waals surface area contributed by atoms with Crippen LogP contribution in [0.4, 0.5) is 16.2 Å². The molecular formula is C7H11FN6O. The van der Waals surface area contributed by atoms with Crippen molar-refractivity contribution in [3.8, 4) is 0 Å². The molecule has 0 saturated heterocycles. The van der Waals surface area contributed by atoms with Crippen molar-refractivity contribution in [2.24, 2.45) is 11.6 Å². The normalized spacial score (nSPS) is 11.9. The summed E-state index contributed by atoms with van der Waals surface area (Å²) in [4.78, 5) is 17.9. The molecule has 1 heterocycles. The Morgan fingerprint density at radius 2 is 2.33 bits per heavy atom. The van der Waals surface area contributed by atoms with E-state index in [0.717, 1.165) is 6.20 Å². The number of nitrogens with zero attached hydrogens (tertiary/aromatic N) is 2. The Morgan fingerprint density at radius 3 is 2.87 bits per heavy atom. The van der Waals surface area contributed by atoms with Crippen molar-refractivity contribution in [3.63, 3.8) is 0 Å². The van der Waals surface area contributed by atoms with Crippen molar-refractivity contribution in [1.29, 1.82) is 0 Å². The van der Waals surface area contributed by atoms with Gasteiger partial charge in [0.15, 0.2) is 11.6 Å². The summed E-state index contributed by atoms with van der Waals surface area (Å²) < 4.78 is 13.1. The molecule has 1 rings (SSSR count). The summed E-state index contributed by atoms with van der Waals surface area (Å²) in [6, 6.07) is -0.736. The predicted octanol–water partition coefficient (Wildman–Crippen LogP) is -0.813. The number of rotatable bonds is 4. The topological polar surface area (TPSA) is 119 Å². The van der Waals surface area contributed by atoms with Crippen molar-refractivity contribution in [2.45, 2.75) is 13.0 Å². The minimum absolute atomic E-state index is 0.0376. The number of hydrogen-bond acceptors (Lipinski definition) is 6. The van der Waals surface area contributed by atoms with Gasteiger partial charge in [0.1, 0.15) is 6.04 Å². The van der Waals surface area contributed by atoms with E-state index >= 15 is 0 Å². The number of nitrogens with two attached hydrogens (primary N) is 2. The highest BCUT2D eigenvalue weighted by Gasteiger charge is 2.13. The lowest BCUT2D eigenvalue weighted by Gasteiger charge is -2.11. The van der Waals surface area contributed by atoms with Gasteiger partial charge in [-0.05, 0) is 6.92 Å². The number of amides is 1. The molecule has 1 unspecified atom stereocenters. The number of aromatic nitrogens is 2. The maximum absolute atomic E-state index is 13.1. The third-order valence-electron chi connectivity index (χ3n) is 1.65. The number of nitrogen functional groups attached to an aromatic ring is 1. The molecule has 6 N–H and O–H groups in total. The molecule has 1 aromatic rings. The molecule has 0 aliphatic carbocycles. The van der Waals surface area contributed by atoms with Crippen molar-refractivity contribution in [2.75, 3.05) is 10.7 Å². The minimum atomic E-state index is -0.736. The van der Waals surface area contributed by atoms with E-state index in [-0.39, 0.29) is 11.8 Å². The van der Waals surface area contributed by atoms with Crippen LogP contribution in [0.1, 0.15) is 6.92 Å². The zero-order valence-electron chi connectivity index (χ0n) is 7.99. The Bertz CT molecular complexity index is 370. The number of nitrogens with one attached hydrogen (secondary N) is 2. The second-order valence-electron chi connectivity index (χ2n) is 2.80. The SMILES string of the molecule is CC(Nc1nc(NN)ncc1F)C(N)=O. The molecule has 8 heteroatoms. The number of anilines is 2. The fourth-order valence-corrected chi connectivity index (χ4v) is 0.814. The second kappa shape index (κ2) is 4.51. The second-order valence-corrected chi connectivity index (χ2v) is 2.80. The maximum atomic E-state index is 13.1. The molecule has 0 radical (unpaired) electrons. The molecule has 1 amide bonds. The molecule has 0 bridgehead atoms. The fourth-order valence-electron chi connectivity index (χ4n) is 0.814. The molecule has 0 aromatic carbocycles. The first kappa shape index (κ1) is 11.1. The van der Waals surface area contributed by atoms with Gasteiger partial charge >= 0.3 is 0 Å². The van der Waals surface area contributed by atoms with E-state index in [0.29, 0.717) is 0 Å². The van der Waals surface area contributed by atoms with Crippen molar-refractivity contribution in [3.05, 3.63) is 12.0 Å². The van der Waals surface area contributed by atoms with Crippen LogP contribution in [0.3, 0.4) is 0 Å². The standard InChI is InChI=1S/C7H11FN6O/c1-3(5(9)15)12-6-4(8)2-11-7(13-6)14-10/h2-3H,10H2,1H3,(H2,9,15)(H2,11,12,13,14). The van der Waals surface area contributed by atoms with Crippen LogP contribution in [0.25, 0.3) is 0 Å². The Labute approximate surface area is 85.0 Å². The van der Waals surface area contributed by atoms with Crippen LogP contribution >= 0.6 is 0 Å². The van der Waals surface area contributed by atoms with Crippen LogP contribution in [0.5, 0.6) is 0 Å². The lowest BCUT2D eigenvalue weighted by atomic mass is 10.3. The van der Waals surface area contributed by atoms with E-state index in [4.69, 9.17) is 11.6 Å². The molecule has 0 aliphatic heterocycles. The number of hydrazine groups is 1. The summed E-state index contributed by atoms with van der Waals surface area (Å²) in [7, 11) is 0. The minimum Gasteiger partial charge on any atom is -0.368 e. The summed E-state index contributed by atoms with van der Waals surface area (Å²) >= 11 is 0. The van der Waals surface area contributed by atoms with Crippen LogP contribution < -0.4 is 22.3 Å². The average molecular weight is 214 g/mol. The van der Waals surface area contributed by atoms with Gasteiger partial charge in [0.25, 0.3) is 0 Å². The highest BCUT2D eigenvalue weighted by Crippen LogP contribution is 2.12. The summed E-state index contributed by atoms with van der Waals surface area (Å²) in [5.41, 5.74) is 7.15. The van der Waals surface area contributed by atoms with Crippen molar-refractivity contribution < 1.29 is 9.18 Å². The van der Waals surface area contributed by atoms with Gasteiger partial charge in [-0.25, -0.2) is 15.2 Å². The molecule has 82 valence electrons. The van der Waals surface area contributed by atoms with E-state index in [2.05, 4.69) is 20.7 Å². The molecule has 0 fully saturated rings. The van der Waals surface area contributed by atoms with Crippen molar-refractivity contribution >= 4 is 17.7 Å². The summed E-state index contributed by atoms with van der Waals surface area (Å²) in [5, 5.41) is 2.49. The largest absolute Gasteiger partial charge is 0.368 e. The van der Waals surface area contributed by atoms with Crippen LogP contribution in [0.2, 0.25) is 0 Å². The van der Waals surface area contributed by atoms with Crippen LogP contribution in [0.15, 0.2) is 6.20 Å². The molecule has 15 heavy (non-hydrogen) atoms. The van der Waals surface area contributed by atoms with Crippen LogP contribution in [-0.4, -0.2) is 21.9 Å². The quantitative estimate of drug-likeness (QED) is 0.384. The van der Waals surface area contributed by atoms with Crippen LogP contribution in [-0.2, 0) is 4.79 Å². The average Bonchev–Trinajstić information content (AvgIpc) is 2.21. The lowest BCUT2D eigenvalue weighted by Crippen LogP contribution is -2.33. The van der Waals surface area contributed by atoms with Gasteiger partial charge in [0, 0.05) is 0 Å². The van der Waals surface area contributed by atoms with Crippen molar-refractivity contribution in [1.82, 2.24) is 9.97 Å². The summed E-state index contributed by atoms with van der Waals surface area (Å²) in [6.07, 6.45) is 0.929. The summed E-state index contributed by atoms with van der Waals surface area (Å²) in [6.45, 7) is 1.49. The van der Waals surface area contributed by atoms with Gasteiger partial charge in [0.2, 0.25) is 11.9 Å². The number of primary amides is 1. The molecule has 0 spiro atoms. The lowest BCUT2D eigenvalue weighted by molar-refractivity contribution is -0.118. The third-order valence-corrected chi connectivity index (χ3v) is 1.65. The number of halogens is 1. The molecule has 0 aliphatic rings. The van der Waals surface area contributed by atoms with Gasteiger partial charge < -0.3 is 11.1 Å². The molecule has 1 atom stereocenters. The Morgan fingerprint density at radius 1 is 1.67 bits per heavy atom. The van der Waals surface area contributed by atoms with Gasteiger partial charge in [-0.15, -0.1) is 0 Å². The van der Waals surface area contributed by atoms with E-state index in [1.807, 2.05) is 0 Å². The van der Waals surface area contributed by atoms with Gasteiger partial charge in [-0.2, -0.15) is 4.98 Å². The van der Waals surface area contributed by atoms with Gasteiger partial charge in [-0.1, -0.05) is 0 Å². The van der Waals surface area contributed by atoms with E-state index < -0.39 is 17.8 Å². The Balaban J connectivity index is 2.88. The smallest absolute Gasteiger partial charge is 0.239 e. The molecule has 0 saturated carbocycles. The zero-order valence-corrected chi connectivity index (χ0v) is 7.99. The highest BCUT2D eigenvalue weighted by atomic mass is 19.1. The number of carbonyl (C=O) groups is 1. The third kappa shape index (κ3) is 2.74. The van der Waals surface area contributed by atoms with Gasteiger partial charge in [-0.3, -0.25) is 10.2 Å². The maximum Gasteiger partial charge on any atom is 0.239 e. The molecule has 7 nitrogen and oxygen atoms in total. The molecular weight excluding hydrogens is 203 g/mol. The summed E-state index contributed by atoms with van der Waals surface area (Å²) in [5.74, 6) is 3.64. The fraction of sp³-hybridized carbons (Fsp3) is 0.286. The monoisotopic (exact) mass is 214 g/mol. The number of hydrogen-bond donors (Lipinski definition) is 4. The Kier molecular flexibility index (Phi) is 3.34. The zero-order chi connectivity index (χ0) is 11.4. The van der Waals surface area contributed by atoms with E-state index in [1.165, 1.54) is 6.92 Å². The van der Waals surface area contributed by atoms with E-state index in [1.54, 1.807) is 0 Å². The highest BCUT2D eigenvalue weighted by molar-refractivity contribution is 5.82. The van der Waals surface area contributed by atoms with E-state index in [9.17, 15) is 9.18 Å². The first-order chi connectivity index (χ1) is 7.04.